The molecule has 0 aliphatic rings. The maximum absolute atomic E-state index is 12.5. The molecular formula is C17H10ClN3OS2. The summed E-state index contributed by atoms with van der Waals surface area (Å²) in [5, 5.41) is 13.5. The first-order chi connectivity index (χ1) is 11.7. The number of benzene rings is 2. The number of rotatable bonds is 3. The van der Waals surface area contributed by atoms with Gasteiger partial charge in [0, 0.05) is 15.6 Å². The van der Waals surface area contributed by atoms with Crippen LogP contribution in [0.25, 0.3) is 20.7 Å². The van der Waals surface area contributed by atoms with E-state index in [1.807, 2.05) is 54.6 Å². The third-order valence-electron chi connectivity index (χ3n) is 3.41. The molecular weight excluding hydrogens is 362 g/mol. The molecule has 0 unspecified atom stereocenters. The van der Waals surface area contributed by atoms with Crippen molar-refractivity contribution in [3.63, 3.8) is 0 Å². The van der Waals surface area contributed by atoms with Crippen molar-refractivity contribution >= 4 is 55.4 Å². The molecule has 0 saturated heterocycles. The van der Waals surface area contributed by atoms with Gasteiger partial charge in [0.15, 0.2) is 0 Å². The zero-order chi connectivity index (χ0) is 16.5. The van der Waals surface area contributed by atoms with Crippen molar-refractivity contribution in [2.75, 3.05) is 5.32 Å². The highest BCUT2D eigenvalue weighted by atomic mass is 35.5. The standard InChI is InChI=1S/C17H10ClN3OS2/c18-13-11-8-4-5-9-12(11)23-14(13)15(22)19-17-21-20-16(24-17)10-6-2-1-3-7-10/h1-9H,(H,19,21,22). The first kappa shape index (κ1) is 15.3. The van der Waals surface area contributed by atoms with E-state index < -0.39 is 0 Å². The third-order valence-corrected chi connectivity index (χ3v) is 5.97. The Balaban J connectivity index is 1.60. The van der Waals surface area contributed by atoms with Crippen LogP contribution in [-0.2, 0) is 0 Å². The van der Waals surface area contributed by atoms with Crippen LogP contribution >= 0.6 is 34.3 Å². The Morgan fingerprint density at radius 2 is 1.71 bits per heavy atom. The van der Waals surface area contributed by atoms with E-state index in [2.05, 4.69) is 15.5 Å². The van der Waals surface area contributed by atoms with Crippen molar-refractivity contribution in [2.45, 2.75) is 0 Å². The molecule has 2 aromatic heterocycles. The fourth-order valence-corrected chi connectivity index (χ4v) is 4.44. The Kier molecular flexibility index (Phi) is 4.02. The van der Waals surface area contributed by atoms with Crippen molar-refractivity contribution in [3.05, 3.63) is 64.5 Å². The van der Waals surface area contributed by atoms with Crippen molar-refractivity contribution in [1.29, 1.82) is 0 Å². The average Bonchev–Trinajstić information content (AvgIpc) is 3.21. The number of carbonyl (C=O) groups is 1. The van der Waals surface area contributed by atoms with Gasteiger partial charge < -0.3 is 0 Å². The van der Waals surface area contributed by atoms with Gasteiger partial charge in [-0.2, -0.15) is 0 Å². The molecule has 118 valence electrons. The Labute approximate surface area is 150 Å². The van der Waals surface area contributed by atoms with Gasteiger partial charge in [-0.3, -0.25) is 10.1 Å². The number of fused-ring (bicyclic) bond motifs is 1. The minimum absolute atomic E-state index is 0.267. The van der Waals surface area contributed by atoms with Gasteiger partial charge in [0.25, 0.3) is 5.91 Å². The Hall–Kier alpha value is -2.28. The molecule has 0 aliphatic heterocycles. The number of halogens is 1. The Morgan fingerprint density at radius 1 is 0.958 bits per heavy atom. The normalized spacial score (nSPS) is 10.9. The summed E-state index contributed by atoms with van der Waals surface area (Å²) < 4.78 is 0.981. The van der Waals surface area contributed by atoms with Gasteiger partial charge in [-0.1, -0.05) is 71.5 Å². The highest BCUT2D eigenvalue weighted by Gasteiger charge is 2.18. The Morgan fingerprint density at radius 3 is 2.50 bits per heavy atom. The summed E-state index contributed by atoms with van der Waals surface area (Å²) in [6.45, 7) is 0. The number of thiophene rings is 1. The summed E-state index contributed by atoms with van der Waals surface area (Å²) in [5.74, 6) is -0.267. The number of anilines is 1. The van der Waals surface area contributed by atoms with Crippen LogP contribution < -0.4 is 5.32 Å². The lowest BCUT2D eigenvalue weighted by Crippen LogP contribution is -2.10. The van der Waals surface area contributed by atoms with Crippen molar-refractivity contribution < 1.29 is 4.79 Å². The van der Waals surface area contributed by atoms with Gasteiger partial charge in [0.05, 0.1) is 5.02 Å². The SMILES string of the molecule is O=C(Nc1nnc(-c2ccccc2)s1)c1sc2ccccc2c1Cl. The number of hydrogen-bond donors (Lipinski definition) is 1. The van der Waals surface area contributed by atoms with Crippen LogP contribution in [0.5, 0.6) is 0 Å². The Bertz CT molecular complexity index is 1030. The minimum Gasteiger partial charge on any atom is -0.296 e. The maximum Gasteiger partial charge on any atom is 0.269 e. The molecule has 0 saturated carbocycles. The number of nitrogens with one attached hydrogen (secondary N) is 1. The maximum atomic E-state index is 12.5. The lowest BCUT2D eigenvalue weighted by atomic mass is 10.2. The fraction of sp³-hybridized carbons (Fsp3) is 0. The predicted molar refractivity (Wildman–Crippen MR) is 100 cm³/mol. The van der Waals surface area contributed by atoms with E-state index in [-0.39, 0.29) is 5.91 Å². The van der Waals surface area contributed by atoms with Crippen LogP contribution in [0.4, 0.5) is 5.13 Å². The summed E-state index contributed by atoms with van der Waals surface area (Å²) in [5.41, 5.74) is 0.968. The molecule has 0 aliphatic carbocycles. The zero-order valence-electron chi connectivity index (χ0n) is 12.2. The molecule has 2 heterocycles. The molecule has 4 nitrogen and oxygen atoms in total. The van der Waals surface area contributed by atoms with Crippen molar-refractivity contribution in [3.8, 4) is 10.6 Å². The number of amides is 1. The molecule has 2 aromatic carbocycles. The van der Waals surface area contributed by atoms with Crippen LogP contribution in [0.1, 0.15) is 9.67 Å². The van der Waals surface area contributed by atoms with Gasteiger partial charge in [0.2, 0.25) is 5.13 Å². The highest BCUT2D eigenvalue weighted by molar-refractivity contribution is 7.22. The molecule has 7 heteroatoms. The van der Waals surface area contributed by atoms with E-state index in [9.17, 15) is 4.79 Å². The summed E-state index contributed by atoms with van der Waals surface area (Å²) >= 11 is 9.03. The monoisotopic (exact) mass is 371 g/mol. The zero-order valence-corrected chi connectivity index (χ0v) is 14.6. The molecule has 4 aromatic rings. The number of hydrogen-bond acceptors (Lipinski definition) is 5. The van der Waals surface area contributed by atoms with Gasteiger partial charge in [-0.25, -0.2) is 0 Å². The summed E-state index contributed by atoms with van der Waals surface area (Å²) in [4.78, 5) is 13.0. The van der Waals surface area contributed by atoms with Gasteiger partial charge in [0.1, 0.15) is 9.88 Å². The lowest BCUT2D eigenvalue weighted by molar-refractivity contribution is 0.103. The molecule has 0 radical (unpaired) electrons. The van der Waals surface area contributed by atoms with Crippen LogP contribution in [-0.4, -0.2) is 16.1 Å². The summed E-state index contributed by atoms with van der Waals surface area (Å²) in [7, 11) is 0. The van der Waals surface area contributed by atoms with Crippen molar-refractivity contribution in [1.82, 2.24) is 10.2 Å². The average molecular weight is 372 g/mol. The smallest absolute Gasteiger partial charge is 0.269 e. The third kappa shape index (κ3) is 2.80. The van der Waals surface area contributed by atoms with Crippen LogP contribution in [0.3, 0.4) is 0 Å². The largest absolute Gasteiger partial charge is 0.296 e. The van der Waals surface area contributed by atoms with Gasteiger partial charge in [-0.05, 0) is 6.07 Å². The van der Waals surface area contributed by atoms with E-state index in [4.69, 9.17) is 11.6 Å². The highest BCUT2D eigenvalue weighted by Crippen LogP contribution is 2.36. The molecule has 1 amide bonds. The topological polar surface area (TPSA) is 54.9 Å². The minimum atomic E-state index is -0.267. The molecule has 1 N–H and O–H groups in total. The van der Waals surface area contributed by atoms with Crippen LogP contribution in [0.15, 0.2) is 54.6 Å². The fourth-order valence-electron chi connectivity index (χ4n) is 2.29. The van der Waals surface area contributed by atoms with E-state index in [0.717, 1.165) is 20.7 Å². The summed E-state index contributed by atoms with van der Waals surface area (Å²) in [6, 6.07) is 17.4. The first-order valence-corrected chi connectivity index (χ1v) is 9.11. The second kappa shape index (κ2) is 6.32. The number of carbonyl (C=O) groups excluding carboxylic acids is 1. The van der Waals surface area contributed by atoms with Crippen molar-refractivity contribution in [2.24, 2.45) is 0 Å². The van der Waals surface area contributed by atoms with E-state index in [1.165, 1.54) is 22.7 Å². The molecule has 0 spiro atoms. The predicted octanol–water partition coefficient (Wildman–Crippen LogP) is 5.33. The molecule has 4 rings (SSSR count). The lowest BCUT2D eigenvalue weighted by Gasteiger charge is -1.98. The van der Waals surface area contributed by atoms with E-state index in [1.54, 1.807) is 0 Å². The quantitative estimate of drug-likeness (QED) is 0.529. The molecule has 24 heavy (non-hydrogen) atoms. The second-order valence-electron chi connectivity index (χ2n) is 4.97. The van der Waals surface area contributed by atoms with E-state index in [0.29, 0.717) is 15.0 Å². The second-order valence-corrected chi connectivity index (χ2v) is 7.38. The van der Waals surface area contributed by atoms with E-state index >= 15 is 0 Å². The van der Waals surface area contributed by atoms with Crippen LogP contribution in [0.2, 0.25) is 5.02 Å². The number of aromatic nitrogens is 2. The van der Waals surface area contributed by atoms with Gasteiger partial charge in [-0.15, -0.1) is 21.5 Å². The molecule has 0 atom stereocenters. The number of nitrogens with zero attached hydrogens (tertiary/aromatic N) is 2. The van der Waals surface area contributed by atoms with Crippen LogP contribution in [0, 0.1) is 0 Å². The van der Waals surface area contributed by atoms with Gasteiger partial charge >= 0.3 is 0 Å². The molecule has 0 bridgehead atoms. The first-order valence-electron chi connectivity index (χ1n) is 7.09. The molecule has 0 fully saturated rings. The summed E-state index contributed by atoms with van der Waals surface area (Å²) in [6.07, 6.45) is 0.